The predicted molar refractivity (Wildman–Crippen MR) is 189 cm³/mol. The number of hydrogen-bond acceptors (Lipinski definition) is 9. The third kappa shape index (κ3) is 8.60. The number of unbranched alkanes of at least 4 members (excludes halogenated alkanes) is 2. The molecule has 10 nitrogen and oxygen atoms in total. The van der Waals surface area contributed by atoms with Crippen LogP contribution in [-0.4, -0.2) is 62.6 Å². The molecule has 0 saturated carbocycles. The van der Waals surface area contributed by atoms with Gasteiger partial charge in [0.25, 0.3) is 0 Å². The van der Waals surface area contributed by atoms with Gasteiger partial charge in [-0.25, -0.2) is 4.79 Å². The minimum Gasteiger partial charge on any atom is -0.508 e. The minimum atomic E-state index is -0.148. The van der Waals surface area contributed by atoms with Crippen molar-refractivity contribution in [3.05, 3.63) is 53.2 Å². The van der Waals surface area contributed by atoms with Crippen LogP contribution in [0.5, 0.6) is 11.5 Å². The van der Waals surface area contributed by atoms with Crippen LogP contribution in [-0.2, 0) is 11.3 Å². The van der Waals surface area contributed by atoms with Crippen LogP contribution >= 0.6 is 11.8 Å². The van der Waals surface area contributed by atoms with Gasteiger partial charge in [0.2, 0.25) is 0 Å². The van der Waals surface area contributed by atoms with E-state index in [2.05, 4.69) is 21.1 Å². The highest BCUT2D eigenvalue weighted by Crippen LogP contribution is 2.43. The number of phenols is 2. The summed E-state index contributed by atoms with van der Waals surface area (Å²) in [5, 5.41) is 35.1. The molecule has 0 aliphatic carbocycles. The van der Waals surface area contributed by atoms with Crippen molar-refractivity contribution in [2.45, 2.75) is 108 Å². The Morgan fingerprint density at radius 2 is 1.79 bits per heavy atom. The van der Waals surface area contributed by atoms with E-state index in [-0.39, 0.29) is 47.0 Å². The maximum atomic E-state index is 13.0. The number of phenolic OH excluding ortho intramolecular Hbond substituents is 2. The summed E-state index contributed by atoms with van der Waals surface area (Å²) in [6.45, 7) is 7.37. The summed E-state index contributed by atoms with van der Waals surface area (Å²) < 4.78 is 5.71. The third-order valence-corrected chi connectivity index (χ3v) is 10.7. The van der Waals surface area contributed by atoms with Gasteiger partial charge in [0.05, 0.1) is 23.2 Å². The molecule has 2 aliphatic rings. The summed E-state index contributed by atoms with van der Waals surface area (Å²) in [5.74, 6) is 1.30. The lowest BCUT2D eigenvalue weighted by atomic mass is 9.93. The number of carbonyl (C=O) groups excluding carboxylic acids is 3. The van der Waals surface area contributed by atoms with Crippen LogP contribution in [0, 0.1) is 0 Å². The number of rotatable bonds is 18. The Balaban J connectivity index is 1.08. The molecule has 2 aromatic carbocycles. The number of ketones is 2. The number of benzene rings is 2. The Hall–Kier alpha value is -3.83. The zero-order valence-electron chi connectivity index (χ0n) is 28.1. The Labute approximate surface area is 286 Å². The lowest BCUT2D eigenvalue weighted by Gasteiger charge is -2.16. The molecular formula is C37H48N4O6S. The second-order valence-electron chi connectivity index (χ2n) is 13.2. The average molecular weight is 677 g/mol. The van der Waals surface area contributed by atoms with Crippen LogP contribution in [0.15, 0.2) is 40.9 Å². The molecule has 48 heavy (non-hydrogen) atoms. The van der Waals surface area contributed by atoms with Gasteiger partial charge in [0, 0.05) is 42.9 Å². The third-order valence-electron chi connectivity index (χ3n) is 9.21. The Bertz CT molecular complexity index is 1590. The molecule has 0 bridgehead atoms. The monoisotopic (exact) mass is 676 g/mol. The summed E-state index contributed by atoms with van der Waals surface area (Å²) in [6.07, 6.45) is 6.95. The van der Waals surface area contributed by atoms with Crippen molar-refractivity contribution < 1.29 is 29.1 Å². The average Bonchev–Trinajstić information content (AvgIpc) is 3.76. The molecule has 0 spiro atoms. The van der Waals surface area contributed by atoms with E-state index in [0.717, 1.165) is 55.5 Å². The highest BCUT2D eigenvalue weighted by atomic mass is 32.2. The van der Waals surface area contributed by atoms with Gasteiger partial charge in [-0.05, 0) is 67.3 Å². The van der Waals surface area contributed by atoms with E-state index >= 15 is 0 Å². The molecular weight excluding hydrogens is 628 g/mol. The predicted octanol–water partition coefficient (Wildman–Crippen LogP) is 7.08. The van der Waals surface area contributed by atoms with E-state index in [0.29, 0.717) is 65.7 Å². The number of aromatic hydroxyl groups is 2. The van der Waals surface area contributed by atoms with Crippen LogP contribution in [0.1, 0.15) is 106 Å². The molecule has 5 N–H and O–H groups in total. The Morgan fingerprint density at radius 1 is 1.02 bits per heavy atom. The minimum absolute atomic E-state index is 0.00292. The molecule has 11 heteroatoms. The van der Waals surface area contributed by atoms with Gasteiger partial charge >= 0.3 is 6.03 Å². The molecule has 2 saturated heterocycles. The van der Waals surface area contributed by atoms with Gasteiger partial charge in [-0.2, -0.15) is 11.8 Å². The fraction of sp³-hybridized carbons (Fsp3) is 0.514. The van der Waals surface area contributed by atoms with Crippen molar-refractivity contribution in [3.8, 4) is 33.9 Å². The number of nitrogens with one attached hydrogen (secondary N) is 3. The van der Waals surface area contributed by atoms with E-state index in [9.17, 15) is 24.6 Å². The molecule has 2 fully saturated rings. The highest BCUT2D eigenvalue weighted by molar-refractivity contribution is 8.00. The normalized spacial score (nSPS) is 18.6. The number of urea groups is 1. The van der Waals surface area contributed by atoms with Gasteiger partial charge in [-0.3, -0.25) is 9.59 Å². The topological polar surface area (TPSA) is 154 Å². The summed E-state index contributed by atoms with van der Waals surface area (Å²) in [5.41, 5.74) is 3.64. The maximum Gasteiger partial charge on any atom is 0.315 e. The van der Waals surface area contributed by atoms with Crippen LogP contribution in [0.2, 0.25) is 0 Å². The van der Waals surface area contributed by atoms with Crippen LogP contribution in [0.4, 0.5) is 4.79 Å². The number of hydrogen-bond donors (Lipinski definition) is 5. The first kappa shape index (κ1) is 35.5. The number of carbonyl (C=O) groups is 3. The van der Waals surface area contributed by atoms with Crippen LogP contribution in [0.3, 0.4) is 0 Å². The van der Waals surface area contributed by atoms with Gasteiger partial charge in [0.15, 0.2) is 17.2 Å². The van der Waals surface area contributed by atoms with Gasteiger partial charge in [-0.1, -0.05) is 56.6 Å². The quantitative estimate of drug-likeness (QED) is 0.0540. The van der Waals surface area contributed by atoms with Gasteiger partial charge in [0.1, 0.15) is 17.3 Å². The lowest BCUT2D eigenvalue weighted by molar-refractivity contribution is -0.119. The molecule has 2 amide bonds. The summed E-state index contributed by atoms with van der Waals surface area (Å²) in [4.78, 5) is 37.0. The summed E-state index contributed by atoms with van der Waals surface area (Å²) in [6, 6.07) is 11.2. The van der Waals surface area contributed by atoms with E-state index in [1.807, 2.05) is 56.8 Å². The van der Waals surface area contributed by atoms with Crippen molar-refractivity contribution >= 4 is 29.4 Å². The first-order chi connectivity index (χ1) is 23.2. The first-order valence-corrected chi connectivity index (χ1v) is 18.3. The molecule has 2 aliphatic heterocycles. The van der Waals surface area contributed by atoms with Crippen LogP contribution < -0.4 is 16.0 Å². The molecule has 3 atom stereocenters. The summed E-state index contributed by atoms with van der Waals surface area (Å²) in [7, 11) is 0. The second-order valence-corrected chi connectivity index (χ2v) is 14.5. The molecule has 0 radical (unpaired) electrons. The van der Waals surface area contributed by atoms with Gasteiger partial charge < -0.3 is 30.7 Å². The highest BCUT2D eigenvalue weighted by Gasteiger charge is 2.42. The molecule has 3 aromatic rings. The first-order valence-electron chi connectivity index (χ1n) is 17.3. The maximum absolute atomic E-state index is 13.0. The Kier molecular flexibility index (Phi) is 12.2. The van der Waals surface area contributed by atoms with Crippen molar-refractivity contribution in [2.75, 3.05) is 12.3 Å². The molecule has 5 rings (SSSR count). The lowest BCUT2D eigenvalue weighted by Crippen LogP contribution is -2.36. The van der Waals surface area contributed by atoms with E-state index in [1.165, 1.54) is 6.07 Å². The largest absolute Gasteiger partial charge is 0.508 e. The fourth-order valence-corrected chi connectivity index (χ4v) is 8.10. The molecule has 3 heterocycles. The Morgan fingerprint density at radius 3 is 2.54 bits per heavy atom. The van der Waals surface area contributed by atoms with Crippen molar-refractivity contribution in [1.29, 1.82) is 0 Å². The van der Waals surface area contributed by atoms with Gasteiger partial charge in [-0.15, -0.1) is 0 Å². The van der Waals surface area contributed by atoms with E-state index in [1.54, 1.807) is 6.07 Å². The molecule has 1 unspecified atom stereocenters. The number of aromatic nitrogens is 1. The number of nitrogens with zero attached hydrogens (tertiary/aromatic N) is 1. The van der Waals surface area contributed by atoms with E-state index in [4.69, 9.17) is 4.52 Å². The number of amides is 2. The standard InChI is InChI=1S/C37H48N4O6S/c1-4-9-29(43)35-33(36(47-41-35)27-18-26(22(2)3)30(44)19-31(27)45)24-15-13-23(14-16-24)20-38-17-7-5-6-10-25(42)11-8-12-32-34-28(21-48-32)39-37(46)40-34/h13-16,18-19,22,28,32,34,38,44-45H,4-12,17,20-21H2,1-3H3,(H2,39,40,46)/t28-,32?,34-/m0/s1. The van der Waals surface area contributed by atoms with Crippen molar-refractivity contribution in [2.24, 2.45) is 0 Å². The zero-order valence-corrected chi connectivity index (χ0v) is 29.0. The smallest absolute Gasteiger partial charge is 0.315 e. The SMILES string of the molecule is CCCC(=O)c1noc(-c2cc(C(C)C)c(O)cc2O)c1-c1ccc(CNCCCCCC(=O)CCCC2SC[C@@H]3NC(=O)N[C@H]23)cc1. The zero-order chi connectivity index (χ0) is 34.2. The number of fused-ring (bicyclic) bond motifs is 1. The van der Waals surface area contributed by atoms with E-state index < -0.39 is 0 Å². The summed E-state index contributed by atoms with van der Waals surface area (Å²) >= 11 is 1.89. The molecule has 258 valence electrons. The number of Topliss-reactive ketones (excluding diaryl/α,β-unsaturated/α-hetero) is 2. The fourth-order valence-electron chi connectivity index (χ4n) is 6.56. The number of thioether (sulfide) groups is 1. The van der Waals surface area contributed by atoms with Crippen LogP contribution in [0.25, 0.3) is 22.5 Å². The van der Waals surface area contributed by atoms with Crippen molar-refractivity contribution in [1.82, 2.24) is 21.1 Å². The van der Waals surface area contributed by atoms with Crippen molar-refractivity contribution in [3.63, 3.8) is 0 Å². The molecule has 1 aromatic heterocycles. The second kappa shape index (κ2) is 16.5.